The van der Waals surface area contributed by atoms with Gasteiger partial charge >= 0.3 is 0 Å². The Morgan fingerprint density at radius 3 is 2.60 bits per heavy atom. The Hall–Kier alpha value is -3.74. The molecule has 0 bridgehead atoms. The van der Waals surface area contributed by atoms with Crippen molar-refractivity contribution in [3.05, 3.63) is 77.6 Å². The van der Waals surface area contributed by atoms with E-state index in [0.717, 1.165) is 28.2 Å². The lowest BCUT2D eigenvalue weighted by Crippen LogP contribution is -2.33. The van der Waals surface area contributed by atoms with Gasteiger partial charge in [0.15, 0.2) is 23.0 Å². The van der Waals surface area contributed by atoms with Gasteiger partial charge in [-0.25, -0.2) is 5.01 Å². The number of benzene rings is 2. The first-order valence-corrected chi connectivity index (χ1v) is 9.66. The molecule has 0 saturated heterocycles. The topological polar surface area (TPSA) is 76.4 Å². The predicted molar refractivity (Wildman–Crippen MR) is 111 cm³/mol. The highest BCUT2D eigenvalue weighted by molar-refractivity contribution is 6.02. The van der Waals surface area contributed by atoms with Crippen molar-refractivity contribution in [3.63, 3.8) is 0 Å². The molecule has 2 aliphatic rings. The van der Waals surface area contributed by atoms with Crippen LogP contribution in [-0.2, 0) is 0 Å². The maximum absolute atomic E-state index is 9.95. The molecule has 2 aliphatic heterocycles. The number of para-hydroxylation sites is 1. The lowest BCUT2D eigenvalue weighted by Gasteiger charge is -2.38. The van der Waals surface area contributed by atoms with Crippen molar-refractivity contribution >= 4 is 5.71 Å². The quantitative estimate of drug-likeness (QED) is 0.708. The van der Waals surface area contributed by atoms with Crippen LogP contribution in [0, 0.1) is 0 Å². The zero-order valence-electron chi connectivity index (χ0n) is 16.6. The van der Waals surface area contributed by atoms with E-state index in [9.17, 15) is 5.11 Å². The molecule has 0 amide bonds. The van der Waals surface area contributed by atoms with Gasteiger partial charge in [-0.1, -0.05) is 12.1 Å². The number of ether oxygens (including phenoxy) is 3. The first kappa shape index (κ1) is 18.3. The van der Waals surface area contributed by atoms with Crippen LogP contribution >= 0.6 is 0 Å². The summed E-state index contributed by atoms with van der Waals surface area (Å²) in [7, 11) is 3.18. The zero-order chi connectivity index (χ0) is 20.7. The van der Waals surface area contributed by atoms with Gasteiger partial charge in [-0.3, -0.25) is 4.98 Å². The van der Waals surface area contributed by atoms with Gasteiger partial charge in [0.25, 0.3) is 0 Å². The molecule has 0 radical (unpaired) electrons. The van der Waals surface area contributed by atoms with Crippen LogP contribution in [0.1, 0.15) is 35.4 Å². The highest BCUT2D eigenvalue weighted by atomic mass is 16.5. The summed E-state index contributed by atoms with van der Waals surface area (Å²) < 4.78 is 17.2. The van der Waals surface area contributed by atoms with E-state index in [1.807, 2.05) is 41.4 Å². The average molecular weight is 403 g/mol. The van der Waals surface area contributed by atoms with Crippen LogP contribution in [0.25, 0.3) is 0 Å². The number of rotatable bonds is 4. The van der Waals surface area contributed by atoms with E-state index in [-0.39, 0.29) is 11.8 Å². The first-order chi connectivity index (χ1) is 14.7. The van der Waals surface area contributed by atoms with Crippen molar-refractivity contribution in [1.82, 2.24) is 9.99 Å². The van der Waals surface area contributed by atoms with E-state index >= 15 is 0 Å². The van der Waals surface area contributed by atoms with Gasteiger partial charge in [0.2, 0.25) is 6.23 Å². The van der Waals surface area contributed by atoms with Crippen molar-refractivity contribution in [3.8, 4) is 23.0 Å². The molecule has 2 atom stereocenters. The highest BCUT2D eigenvalue weighted by Crippen LogP contribution is 2.50. The maximum Gasteiger partial charge on any atom is 0.214 e. The number of phenolic OH excluding ortho intramolecular Hbond substituents is 1. The molecule has 7 heteroatoms. The summed E-state index contributed by atoms with van der Waals surface area (Å²) in [4.78, 5) is 4.12. The standard InChI is InChI=1S/C23H21N3O4/c1-28-20-5-3-4-16-18-13-17(15-6-7-19(27)21(12-15)29-2)25-26(18)23(30-22(16)20)14-8-10-24-11-9-14/h3-12,18,23,27H,13H2,1-2H3/t18-,23+/m0/s1. The SMILES string of the molecule is COc1cc(C2=NN3[C@@H](c4ccncc4)Oc4c(OC)cccc4[C@@H]3C2)ccc1O. The van der Waals surface area contributed by atoms with Gasteiger partial charge in [0.05, 0.1) is 26.0 Å². The molecule has 7 nitrogen and oxygen atoms in total. The van der Waals surface area contributed by atoms with Gasteiger partial charge in [0, 0.05) is 35.5 Å². The minimum Gasteiger partial charge on any atom is -0.504 e. The van der Waals surface area contributed by atoms with Gasteiger partial charge in [-0.05, 0) is 36.4 Å². The van der Waals surface area contributed by atoms with Crippen LogP contribution in [-0.4, -0.2) is 35.0 Å². The predicted octanol–water partition coefficient (Wildman–Crippen LogP) is 4.05. The third kappa shape index (κ3) is 2.90. The van der Waals surface area contributed by atoms with Gasteiger partial charge in [0.1, 0.15) is 0 Å². The molecule has 5 rings (SSSR count). The normalized spacial score (nSPS) is 19.4. The number of fused-ring (bicyclic) bond motifs is 3. The number of hydrogen-bond acceptors (Lipinski definition) is 7. The van der Waals surface area contributed by atoms with Gasteiger partial charge in [-0.2, -0.15) is 5.10 Å². The monoisotopic (exact) mass is 403 g/mol. The zero-order valence-corrected chi connectivity index (χ0v) is 16.6. The largest absolute Gasteiger partial charge is 0.504 e. The van der Waals surface area contributed by atoms with E-state index in [1.165, 1.54) is 7.11 Å². The summed E-state index contributed by atoms with van der Waals surface area (Å²) in [6.07, 6.45) is 3.78. The van der Waals surface area contributed by atoms with E-state index in [0.29, 0.717) is 17.9 Å². The molecule has 0 fully saturated rings. The Bertz CT molecular complexity index is 1120. The third-order valence-corrected chi connectivity index (χ3v) is 5.50. The fraction of sp³-hybridized carbons (Fsp3) is 0.217. The van der Waals surface area contributed by atoms with Crippen molar-refractivity contribution in [2.45, 2.75) is 18.7 Å². The lowest BCUT2D eigenvalue weighted by molar-refractivity contribution is -0.0209. The lowest BCUT2D eigenvalue weighted by atomic mass is 9.95. The van der Waals surface area contributed by atoms with Crippen LogP contribution in [0.4, 0.5) is 0 Å². The molecule has 0 aliphatic carbocycles. The number of nitrogens with zero attached hydrogens (tertiary/aromatic N) is 3. The van der Waals surface area contributed by atoms with Crippen molar-refractivity contribution < 1.29 is 19.3 Å². The fourth-order valence-corrected chi connectivity index (χ4v) is 4.02. The Labute approximate surface area is 174 Å². The first-order valence-electron chi connectivity index (χ1n) is 9.66. The van der Waals surface area contributed by atoms with E-state index in [4.69, 9.17) is 19.3 Å². The highest BCUT2D eigenvalue weighted by Gasteiger charge is 2.42. The molecule has 1 N–H and O–H groups in total. The Morgan fingerprint density at radius 2 is 1.83 bits per heavy atom. The molecule has 0 saturated carbocycles. The molecule has 2 aromatic carbocycles. The van der Waals surface area contributed by atoms with Crippen molar-refractivity contribution in [2.24, 2.45) is 5.10 Å². The second-order valence-electron chi connectivity index (χ2n) is 7.16. The molecule has 0 spiro atoms. The minimum absolute atomic E-state index is 0.00295. The molecule has 30 heavy (non-hydrogen) atoms. The van der Waals surface area contributed by atoms with Crippen LogP contribution < -0.4 is 14.2 Å². The van der Waals surface area contributed by atoms with Crippen LogP contribution in [0.3, 0.4) is 0 Å². The van der Waals surface area contributed by atoms with E-state index in [2.05, 4.69) is 4.98 Å². The minimum atomic E-state index is -0.404. The van der Waals surface area contributed by atoms with Crippen LogP contribution in [0.5, 0.6) is 23.0 Å². The number of aromatic hydroxyl groups is 1. The molecule has 152 valence electrons. The Kier molecular flexibility index (Phi) is 4.43. The number of pyridine rings is 1. The van der Waals surface area contributed by atoms with Crippen LogP contribution in [0.15, 0.2) is 66.0 Å². The second kappa shape index (κ2) is 7.26. The molecule has 3 aromatic rings. The van der Waals surface area contributed by atoms with Gasteiger partial charge in [-0.15, -0.1) is 0 Å². The number of hydrogen-bond donors (Lipinski definition) is 1. The molecule has 1 aromatic heterocycles. The number of phenols is 1. The summed E-state index contributed by atoms with van der Waals surface area (Å²) in [5, 5.41) is 16.9. The molecular formula is C23H21N3O4. The number of methoxy groups -OCH3 is 2. The number of aromatic nitrogens is 1. The fourth-order valence-electron chi connectivity index (χ4n) is 4.02. The second-order valence-corrected chi connectivity index (χ2v) is 7.16. The molecular weight excluding hydrogens is 382 g/mol. The summed E-state index contributed by atoms with van der Waals surface area (Å²) in [6, 6.07) is 15.1. The van der Waals surface area contributed by atoms with Gasteiger partial charge < -0.3 is 19.3 Å². The van der Waals surface area contributed by atoms with Crippen molar-refractivity contribution in [2.75, 3.05) is 14.2 Å². The van der Waals surface area contributed by atoms with Crippen molar-refractivity contribution in [1.29, 1.82) is 0 Å². The average Bonchev–Trinajstić information content (AvgIpc) is 3.24. The van der Waals surface area contributed by atoms with Crippen LogP contribution in [0.2, 0.25) is 0 Å². The third-order valence-electron chi connectivity index (χ3n) is 5.50. The Balaban J connectivity index is 1.61. The summed E-state index contributed by atoms with van der Waals surface area (Å²) in [5.41, 5.74) is 3.79. The Morgan fingerprint density at radius 1 is 1.03 bits per heavy atom. The summed E-state index contributed by atoms with van der Waals surface area (Å²) in [6.45, 7) is 0. The maximum atomic E-state index is 9.95. The molecule has 0 unspecified atom stereocenters. The van der Waals surface area contributed by atoms with E-state index in [1.54, 1.807) is 31.6 Å². The summed E-state index contributed by atoms with van der Waals surface area (Å²) >= 11 is 0. The molecule has 3 heterocycles. The van der Waals surface area contributed by atoms with E-state index < -0.39 is 6.23 Å². The number of hydrazone groups is 1. The smallest absolute Gasteiger partial charge is 0.214 e. The summed E-state index contributed by atoms with van der Waals surface area (Å²) in [5.74, 6) is 1.96.